The Morgan fingerprint density at radius 2 is 2.00 bits per heavy atom. The van der Waals surface area contributed by atoms with E-state index in [1.54, 1.807) is 13.2 Å². The smallest absolute Gasteiger partial charge is 0.258 e. The zero-order valence-electron chi connectivity index (χ0n) is 13.2. The van der Waals surface area contributed by atoms with Crippen molar-refractivity contribution in [1.29, 1.82) is 0 Å². The second-order valence-electron chi connectivity index (χ2n) is 5.68. The van der Waals surface area contributed by atoms with Crippen LogP contribution in [0.25, 0.3) is 0 Å². The normalized spacial score (nSPS) is 16.3. The summed E-state index contributed by atoms with van der Waals surface area (Å²) in [6.45, 7) is 0.00579. The molecule has 120 valence electrons. The van der Waals surface area contributed by atoms with E-state index in [2.05, 4.69) is 23.5 Å². The number of carbonyl (C=O) groups excluding carboxylic acids is 1. The van der Waals surface area contributed by atoms with E-state index in [9.17, 15) is 4.79 Å². The molecule has 0 saturated heterocycles. The van der Waals surface area contributed by atoms with Gasteiger partial charge in [-0.2, -0.15) is 0 Å². The number of carbonyl (C=O) groups is 1. The van der Waals surface area contributed by atoms with E-state index in [4.69, 9.17) is 9.47 Å². The lowest BCUT2D eigenvalue weighted by Crippen LogP contribution is -2.34. The lowest BCUT2D eigenvalue weighted by Gasteiger charge is -2.26. The number of hydrogen-bond donors (Lipinski definition) is 1. The third-order valence-electron chi connectivity index (χ3n) is 4.12. The lowest BCUT2D eigenvalue weighted by atomic mass is 9.88. The molecule has 0 heterocycles. The number of methoxy groups -OCH3 is 1. The van der Waals surface area contributed by atoms with Crippen molar-refractivity contribution >= 4 is 5.91 Å². The van der Waals surface area contributed by atoms with E-state index in [1.807, 2.05) is 24.3 Å². The Balaban J connectivity index is 1.58. The predicted octanol–water partition coefficient (Wildman–Crippen LogP) is 3.27. The fraction of sp³-hybridized carbons (Fsp3) is 0.316. The molecule has 1 aliphatic rings. The van der Waals surface area contributed by atoms with Crippen LogP contribution >= 0.6 is 0 Å². The minimum Gasteiger partial charge on any atom is -0.497 e. The van der Waals surface area contributed by atoms with Crippen LogP contribution in [0.15, 0.2) is 48.5 Å². The molecule has 23 heavy (non-hydrogen) atoms. The standard InChI is InChI=1S/C19H21NO3/c1-22-15-8-5-9-16(12-15)23-13-19(21)20-18-11-4-7-14-6-2-3-10-17(14)18/h2-3,5-6,8-10,12,18H,4,7,11,13H2,1H3,(H,20,21)/t18-/m0/s1. The number of benzene rings is 2. The number of rotatable bonds is 5. The van der Waals surface area contributed by atoms with Crippen LogP contribution in [0.3, 0.4) is 0 Å². The van der Waals surface area contributed by atoms with Crippen LogP contribution in [-0.4, -0.2) is 19.6 Å². The van der Waals surface area contributed by atoms with Gasteiger partial charge in [-0.15, -0.1) is 0 Å². The fourth-order valence-electron chi connectivity index (χ4n) is 2.98. The van der Waals surface area contributed by atoms with E-state index < -0.39 is 0 Å². The van der Waals surface area contributed by atoms with Gasteiger partial charge in [0.2, 0.25) is 0 Å². The maximum absolute atomic E-state index is 12.2. The maximum atomic E-state index is 12.2. The monoisotopic (exact) mass is 311 g/mol. The Morgan fingerprint density at radius 3 is 2.87 bits per heavy atom. The average Bonchev–Trinajstić information content (AvgIpc) is 2.60. The van der Waals surface area contributed by atoms with Crippen molar-refractivity contribution in [2.75, 3.05) is 13.7 Å². The predicted molar refractivity (Wildman–Crippen MR) is 88.8 cm³/mol. The highest BCUT2D eigenvalue weighted by atomic mass is 16.5. The molecule has 4 nitrogen and oxygen atoms in total. The summed E-state index contributed by atoms with van der Waals surface area (Å²) < 4.78 is 10.7. The van der Waals surface area contributed by atoms with Gasteiger partial charge in [-0.3, -0.25) is 4.79 Å². The average molecular weight is 311 g/mol. The molecule has 0 aromatic heterocycles. The van der Waals surface area contributed by atoms with Crippen molar-refractivity contribution < 1.29 is 14.3 Å². The summed E-state index contributed by atoms with van der Waals surface area (Å²) in [7, 11) is 1.60. The molecule has 1 N–H and O–H groups in total. The van der Waals surface area contributed by atoms with Crippen LogP contribution in [0.5, 0.6) is 11.5 Å². The number of amides is 1. The molecule has 0 fully saturated rings. The second-order valence-corrected chi connectivity index (χ2v) is 5.68. The summed E-state index contributed by atoms with van der Waals surface area (Å²) in [5.41, 5.74) is 2.56. The molecule has 1 amide bonds. The SMILES string of the molecule is COc1cccc(OCC(=O)N[C@H]2CCCc3ccccc32)c1. The van der Waals surface area contributed by atoms with E-state index in [1.165, 1.54) is 11.1 Å². The minimum atomic E-state index is -0.102. The topological polar surface area (TPSA) is 47.6 Å². The number of ether oxygens (including phenoxy) is 2. The van der Waals surface area contributed by atoms with Crippen molar-refractivity contribution in [2.45, 2.75) is 25.3 Å². The molecule has 0 radical (unpaired) electrons. The Hall–Kier alpha value is -2.49. The Kier molecular flexibility index (Phi) is 4.81. The van der Waals surface area contributed by atoms with Crippen LogP contribution in [0.4, 0.5) is 0 Å². The largest absolute Gasteiger partial charge is 0.497 e. The van der Waals surface area contributed by atoms with Crippen LogP contribution < -0.4 is 14.8 Å². The number of fused-ring (bicyclic) bond motifs is 1. The van der Waals surface area contributed by atoms with E-state index in [0.717, 1.165) is 19.3 Å². The van der Waals surface area contributed by atoms with Gasteiger partial charge in [0.15, 0.2) is 6.61 Å². The molecule has 4 heteroatoms. The first-order valence-corrected chi connectivity index (χ1v) is 7.90. The zero-order chi connectivity index (χ0) is 16.1. The summed E-state index contributed by atoms with van der Waals surface area (Å²) in [6, 6.07) is 15.7. The molecule has 2 aromatic rings. The number of nitrogens with one attached hydrogen (secondary N) is 1. The minimum absolute atomic E-state index is 0.00579. The zero-order valence-corrected chi connectivity index (χ0v) is 13.2. The molecule has 0 unspecified atom stereocenters. The molecular weight excluding hydrogens is 290 g/mol. The van der Waals surface area contributed by atoms with Gasteiger partial charge in [-0.05, 0) is 42.5 Å². The number of hydrogen-bond acceptors (Lipinski definition) is 3. The Bertz CT molecular complexity index is 684. The highest BCUT2D eigenvalue weighted by Crippen LogP contribution is 2.29. The molecule has 2 aromatic carbocycles. The second kappa shape index (κ2) is 7.18. The molecular formula is C19H21NO3. The molecule has 1 aliphatic carbocycles. The first-order chi connectivity index (χ1) is 11.3. The first-order valence-electron chi connectivity index (χ1n) is 7.90. The van der Waals surface area contributed by atoms with Crippen LogP contribution in [-0.2, 0) is 11.2 Å². The molecule has 1 atom stereocenters. The van der Waals surface area contributed by atoms with Gasteiger partial charge in [-0.25, -0.2) is 0 Å². The summed E-state index contributed by atoms with van der Waals surface area (Å²) in [5.74, 6) is 1.24. The Labute approximate surface area is 136 Å². The van der Waals surface area contributed by atoms with Gasteiger partial charge in [0.1, 0.15) is 11.5 Å². The lowest BCUT2D eigenvalue weighted by molar-refractivity contribution is -0.123. The number of aryl methyl sites for hydroxylation is 1. The molecule has 0 spiro atoms. The van der Waals surface area contributed by atoms with Crippen LogP contribution in [0.2, 0.25) is 0 Å². The highest BCUT2D eigenvalue weighted by Gasteiger charge is 2.21. The van der Waals surface area contributed by atoms with Gasteiger partial charge in [0, 0.05) is 6.07 Å². The van der Waals surface area contributed by atoms with Gasteiger partial charge in [0.05, 0.1) is 13.2 Å². The van der Waals surface area contributed by atoms with E-state index >= 15 is 0 Å². The van der Waals surface area contributed by atoms with Crippen molar-refractivity contribution in [1.82, 2.24) is 5.32 Å². The van der Waals surface area contributed by atoms with E-state index in [0.29, 0.717) is 11.5 Å². The summed E-state index contributed by atoms with van der Waals surface area (Å²) >= 11 is 0. The van der Waals surface area contributed by atoms with E-state index in [-0.39, 0.29) is 18.6 Å². The maximum Gasteiger partial charge on any atom is 0.258 e. The quantitative estimate of drug-likeness (QED) is 0.922. The highest BCUT2D eigenvalue weighted by molar-refractivity contribution is 5.78. The van der Waals surface area contributed by atoms with Gasteiger partial charge < -0.3 is 14.8 Å². The molecule has 0 bridgehead atoms. The third-order valence-corrected chi connectivity index (χ3v) is 4.12. The van der Waals surface area contributed by atoms with Crippen molar-refractivity contribution in [3.63, 3.8) is 0 Å². The first kappa shape index (κ1) is 15.4. The van der Waals surface area contributed by atoms with Gasteiger partial charge >= 0.3 is 0 Å². The fourth-order valence-corrected chi connectivity index (χ4v) is 2.98. The summed E-state index contributed by atoms with van der Waals surface area (Å²) in [4.78, 5) is 12.2. The van der Waals surface area contributed by atoms with Gasteiger partial charge in [0.25, 0.3) is 5.91 Å². The molecule has 0 aliphatic heterocycles. The summed E-state index contributed by atoms with van der Waals surface area (Å²) in [5, 5.41) is 3.08. The molecule has 0 saturated carbocycles. The van der Waals surface area contributed by atoms with Crippen molar-refractivity contribution in [3.05, 3.63) is 59.7 Å². The Morgan fingerprint density at radius 1 is 1.17 bits per heavy atom. The van der Waals surface area contributed by atoms with Crippen molar-refractivity contribution in [2.24, 2.45) is 0 Å². The van der Waals surface area contributed by atoms with Crippen LogP contribution in [0, 0.1) is 0 Å². The van der Waals surface area contributed by atoms with Crippen molar-refractivity contribution in [3.8, 4) is 11.5 Å². The third kappa shape index (κ3) is 3.83. The van der Waals surface area contributed by atoms with Crippen LogP contribution in [0.1, 0.15) is 30.0 Å². The van der Waals surface area contributed by atoms with Gasteiger partial charge in [-0.1, -0.05) is 30.3 Å². The summed E-state index contributed by atoms with van der Waals surface area (Å²) in [6.07, 6.45) is 3.16. The molecule has 3 rings (SSSR count).